The average Bonchev–Trinajstić information content (AvgIpc) is 3.08. The van der Waals surface area contributed by atoms with Crippen molar-refractivity contribution in [2.45, 2.75) is 39.7 Å². The summed E-state index contributed by atoms with van der Waals surface area (Å²) >= 11 is 0. The Morgan fingerprint density at radius 1 is 0.969 bits per heavy atom. The molecule has 3 heterocycles. The van der Waals surface area contributed by atoms with Gasteiger partial charge in [-0.05, 0) is 66.3 Å². The normalized spacial score (nSPS) is 15.6. The fourth-order valence-corrected chi connectivity index (χ4v) is 4.34. The van der Waals surface area contributed by atoms with E-state index in [9.17, 15) is 9.59 Å². The molecule has 0 aliphatic carbocycles. The van der Waals surface area contributed by atoms with Gasteiger partial charge in [-0.1, -0.05) is 44.2 Å². The minimum atomic E-state index is -0.601. The lowest BCUT2D eigenvalue weighted by Crippen LogP contribution is -2.30. The second-order valence-electron chi connectivity index (χ2n) is 8.69. The van der Waals surface area contributed by atoms with Crippen LogP contribution in [0.25, 0.3) is 11.0 Å². The molecule has 0 spiro atoms. The first-order valence-electron chi connectivity index (χ1n) is 10.8. The van der Waals surface area contributed by atoms with E-state index < -0.39 is 6.04 Å². The molecular weight excluding hydrogens is 400 g/mol. The molecule has 0 radical (unpaired) electrons. The number of hydrogen-bond acceptors (Lipinski definition) is 4. The lowest BCUT2D eigenvalue weighted by Gasteiger charge is -2.24. The molecule has 0 N–H and O–H groups in total. The molecule has 1 aliphatic rings. The predicted octanol–water partition coefficient (Wildman–Crippen LogP) is 5.68. The van der Waals surface area contributed by atoms with Crippen LogP contribution in [0.5, 0.6) is 0 Å². The van der Waals surface area contributed by atoms with Gasteiger partial charge >= 0.3 is 0 Å². The monoisotopic (exact) mass is 424 g/mol. The van der Waals surface area contributed by atoms with E-state index in [0.717, 1.165) is 16.7 Å². The number of benzene rings is 2. The summed E-state index contributed by atoms with van der Waals surface area (Å²) in [5.41, 5.74) is 4.69. The number of fused-ring (bicyclic) bond motifs is 2. The number of carbonyl (C=O) groups excluding carboxylic acids is 1. The van der Waals surface area contributed by atoms with Gasteiger partial charge in [0.15, 0.2) is 5.43 Å². The molecule has 1 atom stereocenters. The molecule has 5 nitrogen and oxygen atoms in total. The molecule has 2 aromatic heterocycles. The van der Waals surface area contributed by atoms with E-state index >= 15 is 0 Å². The van der Waals surface area contributed by atoms with Gasteiger partial charge in [-0.2, -0.15) is 0 Å². The third kappa shape index (κ3) is 3.04. The highest BCUT2D eigenvalue weighted by atomic mass is 16.3. The molecule has 2 aromatic carbocycles. The summed E-state index contributed by atoms with van der Waals surface area (Å²) in [5, 5.41) is 0.492. The highest BCUT2D eigenvalue weighted by Crippen LogP contribution is 2.40. The van der Waals surface area contributed by atoms with Crippen LogP contribution in [0.1, 0.15) is 64.2 Å². The summed E-state index contributed by atoms with van der Waals surface area (Å²) in [6, 6.07) is 16.6. The van der Waals surface area contributed by atoms with Crippen LogP contribution in [0, 0.1) is 13.8 Å². The molecule has 32 heavy (non-hydrogen) atoms. The number of nitrogens with zero attached hydrogens (tertiary/aromatic N) is 2. The Labute approximate surface area is 186 Å². The van der Waals surface area contributed by atoms with Crippen LogP contribution in [-0.4, -0.2) is 10.9 Å². The maximum Gasteiger partial charge on any atom is 0.296 e. The van der Waals surface area contributed by atoms with Crippen molar-refractivity contribution in [3.8, 4) is 0 Å². The minimum Gasteiger partial charge on any atom is -0.450 e. The van der Waals surface area contributed by atoms with E-state index in [1.54, 1.807) is 23.2 Å². The first-order chi connectivity index (χ1) is 15.4. The molecule has 5 rings (SSSR count). The van der Waals surface area contributed by atoms with E-state index in [4.69, 9.17) is 4.42 Å². The minimum absolute atomic E-state index is 0.0920. The van der Waals surface area contributed by atoms with Crippen LogP contribution < -0.4 is 10.3 Å². The van der Waals surface area contributed by atoms with Gasteiger partial charge in [0.1, 0.15) is 11.4 Å². The summed E-state index contributed by atoms with van der Waals surface area (Å²) in [6.07, 6.45) is 1.64. The van der Waals surface area contributed by atoms with Gasteiger partial charge in [0, 0.05) is 6.20 Å². The van der Waals surface area contributed by atoms with E-state index in [0.29, 0.717) is 28.3 Å². The topological polar surface area (TPSA) is 63.4 Å². The molecule has 1 aliphatic heterocycles. The van der Waals surface area contributed by atoms with Crippen molar-refractivity contribution in [2.24, 2.45) is 0 Å². The zero-order valence-electron chi connectivity index (χ0n) is 18.5. The standard InChI is InChI=1S/C27H24N2O3/c1-15(2)18-8-10-19(11-9-18)24-23-25(30)20-13-16(3)17(4)14-21(20)32-26(23)27(31)29(24)22-7-5-6-12-28-22/h5-15,24H,1-4H3. The zero-order valence-corrected chi connectivity index (χ0v) is 18.5. The lowest BCUT2D eigenvalue weighted by molar-refractivity contribution is 0.0970. The maximum absolute atomic E-state index is 13.7. The molecule has 1 amide bonds. The Morgan fingerprint density at radius 2 is 1.69 bits per heavy atom. The summed E-state index contributed by atoms with van der Waals surface area (Å²) in [5.74, 6) is 0.606. The van der Waals surface area contributed by atoms with Crippen LogP contribution in [0.15, 0.2) is 70.0 Å². The smallest absolute Gasteiger partial charge is 0.296 e. The van der Waals surface area contributed by atoms with Crippen molar-refractivity contribution in [3.05, 3.63) is 105 Å². The summed E-state index contributed by atoms with van der Waals surface area (Å²) in [7, 11) is 0. The molecule has 160 valence electrons. The molecule has 0 bridgehead atoms. The number of aromatic nitrogens is 1. The molecule has 0 fully saturated rings. The van der Waals surface area contributed by atoms with Gasteiger partial charge in [0.25, 0.3) is 5.91 Å². The molecule has 0 saturated carbocycles. The van der Waals surface area contributed by atoms with Crippen molar-refractivity contribution in [1.82, 2.24) is 4.98 Å². The number of aryl methyl sites for hydroxylation is 2. The van der Waals surface area contributed by atoms with Gasteiger partial charge in [-0.3, -0.25) is 14.5 Å². The predicted molar refractivity (Wildman–Crippen MR) is 125 cm³/mol. The first-order valence-corrected chi connectivity index (χ1v) is 10.8. The van der Waals surface area contributed by atoms with Gasteiger partial charge < -0.3 is 4.42 Å². The van der Waals surface area contributed by atoms with Crippen LogP contribution in [0.3, 0.4) is 0 Å². The number of amides is 1. The van der Waals surface area contributed by atoms with Gasteiger partial charge in [-0.25, -0.2) is 4.98 Å². The fraction of sp³-hybridized carbons (Fsp3) is 0.222. The Morgan fingerprint density at radius 3 is 2.34 bits per heavy atom. The Kier molecular flexibility index (Phi) is 4.70. The van der Waals surface area contributed by atoms with Crippen molar-refractivity contribution in [3.63, 3.8) is 0 Å². The summed E-state index contributed by atoms with van der Waals surface area (Å²) < 4.78 is 6.08. The van der Waals surface area contributed by atoms with Crippen LogP contribution in [0.2, 0.25) is 0 Å². The van der Waals surface area contributed by atoms with E-state index in [2.05, 4.69) is 31.0 Å². The van der Waals surface area contributed by atoms with Crippen LogP contribution in [-0.2, 0) is 0 Å². The number of carbonyl (C=O) groups is 1. The van der Waals surface area contributed by atoms with Crippen molar-refractivity contribution in [1.29, 1.82) is 0 Å². The average molecular weight is 425 g/mol. The molecule has 1 unspecified atom stereocenters. The fourth-order valence-electron chi connectivity index (χ4n) is 4.34. The van der Waals surface area contributed by atoms with Crippen LogP contribution in [0.4, 0.5) is 5.82 Å². The largest absolute Gasteiger partial charge is 0.450 e. The highest BCUT2D eigenvalue weighted by Gasteiger charge is 2.44. The van der Waals surface area contributed by atoms with Gasteiger partial charge in [0.2, 0.25) is 5.76 Å². The van der Waals surface area contributed by atoms with E-state index in [1.165, 1.54) is 5.56 Å². The number of anilines is 1. The number of pyridine rings is 1. The maximum atomic E-state index is 13.7. The quantitative estimate of drug-likeness (QED) is 0.425. The van der Waals surface area contributed by atoms with Crippen molar-refractivity contribution < 1.29 is 9.21 Å². The third-order valence-electron chi connectivity index (χ3n) is 6.30. The highest BCUT2D eigenvalue weighted by molar-refractivity contribution is 6.10. The number of hydrogen-bond donors (Lipinski definition) is 0. The van der Waals surface area contributed by atoms with Gasteiger partial charge in [0.05, 0.1) is 17.0 Å². The third-order valence-corrected chi connectivity index (χ3v) is 6.30. The number of rotatable bonds is 3. The first kappa shape index (κ1) is 20.2. The summed E-state index contributed by atoms with van der Waals surface area (Å²) in [6.45, 7) is 8.20. The Hall–Kier alpha value is -3.73. The van der Waals surface area contributed by atoms with Crippen molar-refractivity contribution in [2.75, 3.05) is 4.90 Å². The second kappa shape index (κ2) is 7.45. The Bertz CT molecular complexity index is 1400. The molecule has 0 saturated heterocycles. The van der Waals surface area contributed by atoms with Crippen LogP contribution >= 0.6 is 0 Å². The van der Waals surface area contributed by atoms with E-state index in [1.807, 2.05) is 44.2 Å². The Balaban J connectivity index is 1.79. The second-order valence-corrected chi connectivity index (χ2v) is 8.69. The molecular formula is C27H24N2O3. The molecule has 5 heteroatoms. The van der Waals surface area contributed by atoms with Gasteiger partial charge in [-0.15, -0.1) is 0 Å². The summed E-state index contributed by atoms with van der Waals surface area (Å²) in [4.78, 5) is 33.2. The zero-order chi connectivity index (χ0) is 22.6. The molecule has 4 aromatic rings. The SMILES string of the molecule is Cc1cc2oc3c(c(=O)c2cc1C)C(c1ccc(C(C)C)cc1)N(c1ccccn1)C3=O. The van der Waals surface area contributed by atoms with E-state index in [-0.39, 0.29) is 17.1 Å². The van der Waals surface area contributed by atoms with Crippen molar-refractivity contribution >= 4 is 22.7 Å². The lowest BCUT2D eigenvalue weighted by atomic mass is 9.95.